The Kier molecular flexibility index (Phi) is 5.48. The molecule has 1 aliphatic carbocycles. The molecule has 0 spiro atoms. The molecule has 3 atom stereocenters. The first-order valence-corrected chi connectivity index (χ1v) is 8.04. The topological polar surface area (TPSA) is 69.9 Å². The zero-order valence-electron chi connectivity index (χ0n) is 13.7. The van der Waals surface area contributed by atoms with Crippen molar-refractivity contribution in [2.75, 3.05) is 6.61 Å². The Hall–Kier alpha value is -1.10. The third-order valence-electron chi connectivity index (χ3n) is 4.18. The molecule has 124 valence electrons. The summed E-state index contributed by atoms with van der Waals surface area (Å²) in [6, 6.07) is 5.70. The van der Waals surface area contributed by atoms with Crippen LogP contribution in [0.2, 0.25) is 0 Å². The van der Waals surface area contributed by atoms with Gasteiger partial charge in [0.1, 0.15) is 12.4 Å². The number of benzene rings is 1. The summed E-state index contributed by atoms with van der Waals surface area (Å²) in [5, 5.41) is 29.7. The van der Waals surface area contributed by atoms with Gasteiger partial charge in [-0.25, -0.2) is 0 Å². The van der Waals surface area contributed by atoms with Crippen molar-refractivity contribution in [2.45, 2.75) is 64.8 Å². The number of aliphatic hydroxyl groups is 3. The van der Waals surface area contributed by atoms with Gasteiger partial charge in [0.25, 0.3) is 0 Å². The highest BCUT2D eigenvalue weighted by atomic mass is 16.5. The lowest BCUT2D eigenvalue weighted by Crippen LogP contribution is -2.35. The first-order chi connectivity index (χ1) is 10.3. The van der Waals surface area contributed by atoms with Crippen LogP contribution in [0.1, 0.15) is 44.7 Å². The largest absolute Gasteiger partial charge is 0.491 e. The summed E-state index contributed by atoms with van der Waals surface area (Å²) in [4.78, 5) is 0. The van der Waals surface area contributed by atoms with Gasteiger partial charge in [-0.1, -0.05) is 32.9 Å². The average molecular weight is 308 g/mol. The summed E-state index contributed by atoms with van der Waals surface area (Å²) in [7, 11) is 0. The first-order valence-electron chi connectivity index (χ1n) is 8.04. The standard InChI is InChI=1S/C18H28O4/c1-18(2,3)8-7-13(19)11-22-17-6-4-5-12-9-15(20)16(21)10-14(12)17/h4-6,13,15-16,19-21H,7-11H2,1-3H3. The fraction of sp³-hybridized carbons (Fsp3) is 0.667. The van der Waals surface area contributed by atoms with Crippen LogP contribution in [0.3, 0.4) is 0 Å². The van der Waals surface area contributed by atoms with E-state index in [0.717, 1.165) is 17.5 Å². The van der Waals surface area contributed by atoms with Gasteiger partial charge in [-0.3, -0.25) is 0 Å². The van der Waals surface area contributed by atoms with E-state index in [0.29, 0.717) is 25.0 Å². The van der Waals surface area contributed by atoms with Crippen molar-refractivity contribution in [3.8, 4) is 5.75 Å². The van der Waals surface area contributed by atoms with Gasteiger partial charge in [0, 0.05) is 18.4 Å². The molecule has 4 nitrogen and oxygen atoms in total. The molecule has 0 saturated carbocycles. The minimum Gasteiger partial charge on any atom is -0.491 e. The average Bonchev–Trinajstić information content (AvgIpc) is 2.43. The van der Waals surface area contributed by atoms with E-state index in [4.69, 9.17) is 4.74 Å². The third kappa shape index (κ3) is 4.70. The SMILES string of the molecule is CC(C)(C)CCC(O)COc1cccc2c1CC(O)C(O)C2. The van der Waals surface area contributed by atoms with Gasteiger partial charge in [-0.2, -0.15) is 0 Å². The molecule has 1 aromatic rings. The Morgan fingerprint density at radius 2 is 1.86 bits per heavy atom. The van der Waals surface area contributed by atoms with Crippen molar-refractivity contribution in [2.24, 2.45) is 5.41 Å². The number of hydrogen-bond acceptors (Lipinski definition) is 4. The van der Waals surface area contributed by atoms with E-state index in [9.17, 15) is 15.3 Å². The van der Waals surface area contributed by atoms with Crippen LogP contribution in [0.4, 0.5) is 0 Å². The number of rotatable bonds is 5. The molecule has 22 heavy (non-hydrogen) atoms. The Balaban J connectivity index is 1.95. The van der Waals surface area contributed by atoms with Crippen molar-refractivity contribution in [1.29, 1.82) is 0 Å². The second kappa shape index (κ2) is 6.99. The normalized spacial score (nSPS) is 23.0. The molecule has 0 aromatic heterocycles. The first kappa shape index (κ1) is 17.3. The van der Waals surface area contributed by atoms with Gasteiger partial charge >= 0.3 is 0 Å². The third-order valence-corrected chi connectivity index (χ3v) is 4.18. The van der Waals surface area contributed by atoms with Crippen LogP contribution in [0.5, 0.6) is 5.75 Å². The maximum absolute atomic E-state index is 10.1. The summed E-state index contributed by atoms with van der Waals surface area (Å²) in [5.74, 6) is 0.707. The molecule has 3 unspecified atom stereocenters. The molecule has 0 radical (unpaired) electrons. The van der Waals surface area contributed by atoms with Crippen LogP contribution in [0.15, 0.2) is 18.2 Å². The quantitative estimate of drug-likeness (QED) is 0.779. The van der Waals surface area contributed by atoms with Gasteiger partial charge in [0.2, 0.25) is 0 Å². The van der Waals surface area contributed by atoms with E-state index >= 15 is 0 Å². The monoisotopic (exact) mass is 308 g/mol. The van der Waals surface area contributed by atoms with Crippen LogP contribution < -0.4 is 4.74 Å². The molecule has 0 saturated heterocycles. The fourth-order valence-electron chi connectivity index (χ4n) is 2.74. The summed E-state index contributed by atoms with van der Waals surface area (Å²) >= 11 is 0. The summed E-state index contributed by atoms with van der Waals surface area (Å²) in [6.45, 7) is 6.72. The van der Waals surface area contributed by atoms with Crippen LogP contribution in [-0.2, 0) is 12.8 Å². The van der Waals surface area contributed by atoms with Crippen molar-refractivity contribution in [3.63, 3.8) is 0 Å². The van der Waals surface area contributed by atoms with Crippen LogP contribution in [-0.4, -0.2) is 40.2 Å². The molecule has 0 heterocycles. The van der Waals surface area contributed by atoms with E-state index in [1.165, 1.54) is 0 Å². The van der Waals surface area contributed by atoms with Gasteiger partial charge < -0.3 is 20.1 Å². The maximum Gasteiger partial charge on any atom is 0.122 e. The Morgan fingerprint density at radius 3 is 2.55 bits per heavy atom. The molecule has 3 N–H and O–H groups in total. The molecule has 2 rings (SSSR count). The van der Waals surface area contributed by atoms with E-state index in [2.05, 4.69) is 20.8 Å². The zero-order chi connectivity index (χ0) is 16.3. The highest BCUT2D eigenvalue weighted by Gasteiger charge is 2.27. The smallest absolute Gasteiger partial charge is 0.122 e. The summed E-state index contributed by atoms with van der Waals surface area (Å²) in [6.07, 6.45) is 0.539. The van der Waals surface area contributed by atoms with E-state index < -0.39 is 18.3 Å². The Bertz CT molecular complexity index is 492. The lowest BCUT2D eigenvalue weighted by Gasteiger charge is -2.28. The van der Waals surface area contributed by atoms with Crippen molar-refractivity contribution in [3.05, 3.63) is 29.3 Å². The van der Waals surface area contributed by atoms with E-state index in [-0.39, 0.29) is 12.0 Å². The number of ether oxygens (including phenoxy) is 1. The molecule has 0 aliphatic heterocycles. The summed E-state index contributed by atoms with van der Waals surface area (Å²) in [5.41, 5.74) is 2.16. The molecular formula is C18H28O4. The maximum atomic E-state index is 10.1. The Morgan fingerprint density at radius 1 is 1.18 bits per heavy atom. The van der Waals surface area contributed by atoms with Crippen molar-refractivity contribution < 1.29 is 20.1 Å². The van der Waals surface area contributed by atoms with Gasteiger partial charge in [-0.15, -0.1) is 0 Å². The van der Waals surface area contributed by atoms with Crippen LogP contribution >= 0.6 is 0 Å². The second-order valence-electron chi connectivity index (χ2n) is 7.50. The minimum atomic E-state index is -0.747. The van der Waals surface area contributed by atoms with E-state index in [1.807, 2.05) is 18.2 Å². The van der Waals surface area contributed by atoms with E-state index in [1.54, 1.807) is 0 Å². The molecule has 0 bridgehead atoms. The lowest BCUT2D eigenvalue weighted by atomic mass is 9.87. The molecule has 1 aromatic carbocycles. The molecule has 4 heteroatoms. The molecule has 0 fully saturated rings. The summed E-state index contributed by atoms with van der Waals surface area (Å²) < 4.78 is 5.77. The highest BCUT2D eigenvalue weighted by Crippen LogP contribution is 2.30. The lowest BCUT2D eigenvalue weighted by molar-refractivity contribution is 0.0131. The number of aliphatic hydroxyl groups excluding tert-OH is 3. The minimum absolute atomic E-state index is 0.202. The number of fused-ring (bicyclic) bond motifs is 1. The van der Waals surface area contributed by atoms with Crippen LogP contribution in [0, 0.1) is 5.41 Å². The van der Waals surface area contributed by atoms with Crippen LogP contribution in [0.25, 0.3) is 0 Å². The molecule has 1 aliphatic rings. The fourth-order valence-corrected chi connectivity index (χ4v) is 2.74. The zero-order valence-corrected chi connectivity index (χ0v) is 13.7. The highest BCUT2D eigenvalue weighted by molar-refractivity contribution is 5.43. The van der Waals surface area contributed by atoms with Crippen molar-refractivity contribution in [1.82, 2.24) is 0 Å². The van der Waals surface area contributed by atoms with Gasteiger partial charge in [-0.05, 0) is 29.9 Å². The van der Waals surface area contributed by atoms with Crippen molar-refractivity contribution >= 4 is 0 Å². The predicted octanol–water partition coefficient (Wildman–Crippen LogP) is 2.07. The van der Waals surface area contributed by atoms with Gasteiger partial charge in [0.05, 0.1) is 18.3 Å². The second-order valence-corrected chi connectivity index (χ2v) is 7.50. The Labute approximate surface area is 132 Å². The predicted molar refractivity (Wildman–Crippen MR) is 86.1 cm³/mol. The van der Waals surface area contributed by atoms with Gasteiger partial charge in [0.15, 0.2) is 0 Å². The number of hydrogen-bond donors (Lipinski definition) is 3. The molecular weight excluding hydrogens is 280 g/mol. The molecule has 0 amide bonds.